The number of nitrogens with zero attached hydrogens (tertiary/aromatic N) is 2. The molecular formula is C14H16F2N4S. The van der Waals surface area contributed by atoms with Gasteiger partial charge in [-0.05, 0) is 31.0 Å². The molecule has 4 nitrogen and oxygen atoms in total. The molecule has 0 bridgehead atoms. The Morgan fingerprint density at radius 3 is 2.86 bits per heavy atom. The number of benzene rings is 1. The molecular weight excluding hydrogens is 294 g/mol. The van der Waals surface area contributed by atoms with Crippen LogP contribution in [0.15, 0.2) is 24.4 Å². The number of aromatic amines is 1. The molecule has 2 N–H and O–H groups in total. The minimum Gasteiger partial charge on any atom is -0.309 e. The Kier molecular flexibility index (Phi) is 3.95. The second-order valence-electron chi connectivity index (χ2n) is 5.42. The van der Waals surface area contributed by atoms with E-state index in [2.05, 4.69) is 33.4 Å². The van der Waals surface area contributed by atoms with Crippen LogP contribution in [0, 0.1) is 11.6 Å². The normalized spacial score (nSPS) is 23.8. The Morgan fingerprint density at radius 1 is 1.38 bits per heavy atom. The van der Waals surface area contributed by atoms with Crippen LogP contribution in [0.25, 0.3) is 0 Å². The summed E-state index contributed by atoms with van der Waals surface area (Å²) in [5.74, 6) is -1.38. The molecule has 1 fully saturated rings. The van der Waals surface area contributed by atoms with Crippen molar-refractivity contribution in [2.24, 2.45) is 0 Å². The minimum absolute atomic E-state index is 0.0741. The summed E-state index contributed by atoms with van der Waals surface area (Å²) < 4.78 is 26.2. The minimum atomic E-state index is -0.807. The summed E-state index contributed by atoms with van der Waals surface area (Å²) in [6, 6.07) is 4.46. The van der Waals surface area contributed by atoms with Crippen molar-refractivity contribution in [2.75, 3.05) is 0 Å². The van der Waals surface area contributed by atoms with E-state index in [9.17, 15) is 8.78 Å². The molecule has 1 aliphatic carbocycles. The van der Waals surface area contributed by atoms with Crippen LogP contribution >= 0.6 is 12.6 Å². The predicted octanol–water partition coefficient (Wildman–Crippen LogP) is 2.59. The smallest absolute Gasteiger partial charge is 0.159 e. The van der Waals surface area contributed by atoms with Crippen LogP contribution in [0.3, 0.4) is 0 Å². The third kappa shape index (κ3) is 3.08. The third-order valence-corrected chi connectivity index (χ3v) is 4.56. The zero-order valence-electron chi connectivity index (χ0n) is 11.4. The lowest BCUT2D eigenvalue weighted by Gasteiger charge is -2.18. The first kappa shape index (κ1) is 14.5. The Balaban J connectivity index is 1.59. The number of aromatic nitrogens is 3. The monoisotopic (exact) mass is 310 g/mol. The van der Waals surface area contributed by atoms with Gasteiger partial charge < -0.3 is 5.32 Å². The van der Waals surface area contributed by atoms with Gasteiger partial charge in [0.2, 0.25) is 0 Å². The van der Waals surface area contributed by atoms with Crippen LogP contribution in [-0.4, -0.2) is 27.5 Å². The van der Waals surface area contributed by atoms with Crippen LogP contribution in [0.1, 0.15) is 35.8 Å². The molecule has 112 valence electrons. The van der Waals surface area contributed by atoms with Gasteiger partial charge in [0.15, 0.2) is 11.6 Å². The average molecular weight is 310 g/mol. The van der Waals surface area contributed by atoms with Gasteiger partial charge >= 0.3 is 0 Å². The summed E-state index contributed by atoms with van der Waals surface area (Å²) >= 11 is 4.54. The largest absolute Gasteiger partial charge is 0.309 e. The number of H-pyrrole nitrogens is 1. The van der Waals surface area contributed by atoms with E-state index in [0.29, 0.717) is 0 Å². The zero-order chi connectivity index (χ0) is 15.0. The molecule has 7 heteroatoms. The van der Waals surface area contributed by atoms with Gasteiger partial charge in [-0.3, -0.25) is 0 Å². The van der Waals surface area contributed by atoms with Crippen LogP contribution in [0.5, 0.6) is 0 Å². The highest BCUT2D eigenvalue weighted by Crippen LogP contribution is 2.42. The third-order valence-electron chi connectivity index (χ3n) is 3.85. The number of rotatable bonds is 5. The van der Waals surface area contributed by atoms with E-state index in [4.69, 9.17) is 0 Å². The highest BCUT2D eigenvalue weighted by molar-refractivity contribution is 7.80. The molecule has 1 aliphatic rings. The summed E-state index contributed by atoms with van der Waals surface area (Å²) in [6.07, 6.45) is 2.56. The molecule has 3 rings (SSSR count). The van der Waals surface area contributed by atoms with Gasteiger partial charge in [0.05, 0.1) is 17.1 Å². The fraction of sp³-hybridized carbons (Fsp3) is 0.429. The Morgan fingerprint density at radius 2 is 2.19 bits per heavy atom. The predicted molar refractivity (Wildman–Crippen MR) is 78.2 cm³/mol. The summed E-state index contributed by atoms with van der Waals surface area (Å²) in [7, 11) is 0. The maximum absolute atomic E-state index is 13.2. The first-order valence-corrected chi connectivity index (χ1v) is 7.32. The van der Waals surface area contributed by atoms with E-state index in [0.717, 1.165) is 17.7 Å². The van der Waals surface area contributed by atoms with Crippen molar-refractivity contribution >= 4 is 12.6 Å². The lowest BCUT2D eigenvalue weighted by Crippen LogP contribution is -2.32. The lowest BCUT2D eigenvalue weighted by molar-refractivity contribution is 0.505. The molecule has 0 aliphatic heterocycles. The van der Waals surface area contributed by atoms with E-state index >= 15 is 0 Å². The molecule has 0 saturated heterocycles. The zero-order valence-corrected chi connectivity index (χ0v) is 12.3. The second-order valence-corrected chi connectivity index (χ2v) is 5.97. The number of thiol groups is 1. The van der Waals surface area contributed by atoms with Crippen molar-refractivity contribution in [3.8, 4) is 0 Å². The summed E-state index contributed by atoms with van der Waals surface area (Å²) in [4.78, 5) is 0. The van der Waals surface area contributed by atoms with Gasteiger partial charge in [-0.1, -0.05) is 6.07 Å². The molecule has 1 heterocycles. The van der Waals surface area contributed by atoms with Gasteiger partial charge in [0, 0.05) is 18.0 Å². The van der Waals surface area contributed by atoms with Crippen LogP contribution in [0.2, 0.25) is 0 Å². The van der Waals surface area contributed by atoms with Crippen molar-refractivity contribution in [3.05, 3.63) is 47.3 Å². The maximum atomic E-state index is 13.2. The van der Waals surface area contributed by atoms with E-state index in [1.807, 2.05) is 6.92 Å². The summed E-state index contributed by atoms with van der Waals surface area (Å²) in [5.41, 5.74) is 1.61. The molecule has 1 saturated carbocycles. The molecule has 4 atom stereocenters. The van der Waals surface area contributed by atoms with Gasteiger partial charge in [0.25, 0.3) is 0 Å². The lowest BCUT2D eigenvalue weighted by atomic mass is 10.1. The highest BCUT2D eigenvalue weighted by Gasteiger charge is 2.40. The van der Waals surface area contributed by atoms with Crippen molar-refractivity contribution in [3.63, 3.8) is 0 Å². The first-order valence-electron chi connectivity index (χ1n) is 6.81. The number of nitrogens with one attached hydrogen (secondary N) is 2. The van der Waals surface area contributed by atoms with Gasteiger partial charge in [-0.25, -0.2) is 8.78 Å². The van der Waals surface area contributed by atoms with Crippen molar-refractivity contribution < 1.29 is 8.78 Å². The topological polar surface area (TPSA) is 53.6 Å². The summed E-state index contributed by atoms with van der Waals surface area (Å²) in [5, 5.41) is 13.7. The van der Waals surface area contributed by atoms with Gasteiger partial charge in [0.1, 0.15) is 0 Å². The van der Waals surface area contributed by atoms with Crippen LogP contribution in [0.4, 0.5) is 8.78 Å². The van der Waals surface area contributed by atoms with Crippen molar-refractivity contribution in [1.82, 2.24) is 20.7 Å². The molecule has 4 unspecified atom stereocenters. The molecule has 0 radical (unpaired) electrons. The van der Waals surface area contributed by atoms with Gasteiger partial charge in [-0.2, -0.15) is 28.0 Å². The Hall–Kier alpha value is -1.47. The SMILES string of the molecule is CC(NC1CC1c1ccc(F)c(F)c1)C(S)c1cn[nH]n1. The van der Waals surface area contributed by atoms with E-state index < -0.39 is 11.6 Å². The number of halogens is 2. The second kappa shape index (κ2) is 5.73. The fourth-order valence-electron chi connectivity index (χ4n) is 2.53. The first-order chi connectivity index (χ1) is 10.1. The van der Waals surface area contributed by atoms with Crippen LogP contribution < -0.4 is 5.32 Å². The molecule has 1 aromatic heterocycles. The molecule has 1 aromatic carbocycles. The van der Waals surface area contributed by atoms with Crippen LogP contribution in [-0.2, 0) is 0 Å². The fourth-order valence-corrected chi connectivity index (χ4v) is 2.74. The Bertz CT molecular complexity index is 619. The standard InChI is InChI=1S/C14H16F2N4S/c1-7(14(21)13-6-17-20-19-13)18-12-5-9(12)8-2-3-10(15)11(16)4-8/h2-4,6-7,9,12,14,18,21H,5H2,1H3,(H,17,19,20). The maximum Gasteiger partial charge on any atom is 0.159 e. The van der Waals surface area contributed by atoms with Crippen molar-refractivity contribution in [2.45, 2.75) is 36.6 Å². The highest BCUT2D eigenvalue weighted by atomic mass is 32.1. The Labute approximate surface area is 126 Å². The average Bonchev–Trinajstić information content (AvgIpc) is 3.01. The molecule has 2 aromatic rings. The van der Waals surface area contributed by atoms with E-state index in [-0.39, 0.29) is 23.3 Å². The van der Waals surface area contributed by atoms with Crippen molar-refractivity contribution in [1.29, 1.82) is 0 Å². The molecule has 0 amide bonds. The molecule has 0 spiro atoms. The van der Waals surface area contributed by atoms with Gasteiger partial charge in [-0.15, -0.1) is 0 Å². The quantitative estimate of drug-likeness (QED) is 0.744. The number of hydrogen-bond acceptors (Lipinski definition) is 4. The molecule has 21 heavy (non-hydrogen) atoms. The summed E-state index contributed by atoms with van der Waals surface area (Å²) in [6.45, 7) is 2.02. The van der Waals surface area contributed by atoms with E-state index in [1.165, 1.54) is 12.1 Å². The van der Waals surface area contributed by atoms with E-state index in [1.54, 1.807) is 12.3 Å². The number of hydrogen-bond donors (Lipinski definition) is 3.